The molecule has 0 unspecified atom stereocenters. The van der Waals surface area contributed by atoms with Crippen LogP contribution in [0.25, 0.3) is 0 Å². The minimum Gasteiger partial charge on any atom is -0.328 e. The van der Waals surface area contributed by atoms with Crippen LogP contribution < -0.4 is 0 Å². The van der Waals surface area contributed by atoms with Crippen molar-refractivity contribution in [1.29, 1.82) is 0 Å². The molecule has 0 aromatic heterocycles. The van der Waals surface area contributed by atoms with E-state index < -0.39 is 0 Å². The van der Waals surface area contributed by atoms with Crippen LogP contribution >= 0.6 is 0 Å². The van der Waals surface area contributed by atoms with E-state index in [9.17, 15) is 4.79 Å². The molecule has 112 valence electrons. The van der Waals surface area contributed by atoms with Crippen molar-refractivity contribution in [1.82, 2.24) is 0 Å². The van der Waals surface area contributed by atoms with E-state index in [2.05, 4.69) is 21.0 Å². The standard InChI is InChI=1S/C18H30NO/c1-4-5-6-7-11-15-19(2,3)16-14-18(20)17-12-9-8-10-13-17/h8-10,12-13H,4-7,11,14-16H2,1-3H3/q+1. The van der Waals surface area contributed by atoms with Gasteiger partial charge in [0.15, 0.2) is 5.78 Å². The van der Waals surface area contributed by atoms with E-state index in [0.717, 1.165) is 16.6 Å². The second kappa shape index (κ2) is 8.91. The van der Waals surface area contributed by atoms with Gasteiger partial charge in [-0.3, -0.25) is 4.79 Å². The van der Waals surface area contributed by atoms with Gasteiger partial charge >= 0.3 is 0 Å². The molecule has 0 N–H and O–H groups in total. The molecule has 0 bridgehead atoms. The van der Waals surface area contributed by atoms with E-state index in [1.165, 1.54) is 38.6 Å². The number of benzene rings is 1. The number of carbonyl (C=O) groups is 1. The number of carbonyl (C=O) groups excluding carboxylic acids is 1. The van der Waals surface area contributed by atoms with Crippen molar-refractivity contribution < 1.29 is 9.28 Å². The zero-order valence-electron chi connectivity index (χ0n) is 13.4. The first kappa shape index (κ1) is 16.9. The molecule has 0 aliphatic heterocycles. The summed E-state index contributed by atoms with van der Waals surface area (Å²) in [5.41, 5.74) is 0.843. The Labute approximate surface area is 124 Å². The lowest BCUT2D eigenvalue weighted by atomic mass is 10.1. The molecule has 1 aromatic rings. The third-order valence-electron chi connectivity index (χ3n) is 3.91. The maximum atomic E-state index is 12.1. The molecular weight excluding hydrogens is 246 g/mol. The summed E-state index contributed by atoms with van der Waals surface area (Å²) in [6, 6.07) is 9.63. The lowest BCUT2D eigenvalue weighted by Gasteiger charge is -2.29. The highest BCUT2D eigenvalue weighted by Crippen LogP contribution is 2.10. The highest BCUT2D eigenvalue weighted by molar-refractivity contribution is 5.96. The normalized spacial score (nSPS) is 11.6. The number of quaternary nitrogens is 1. The third-order valence-corrected chi connectivity index (χ3v) is 3.91. The van der Waals surface area contributed by atoms with Gasteiger partial charge in [-0.1, -0.05) is 56.5 Å². The number of hydrogen-bond donors (Lipinski definition) is 0. The fraction of sp³-hybridized carbons (Fsp3) is 0.611. The van der Waals surface area contributed by atoms with Gasteiger partial charge in [-0.2, -0.15) is 0 Å². The molecule has 0 aliphatic carbocycles. The first-order valence-corrected chi connectivity index (χ1v) is 7.95. The summed E-state index contributed by atoms with van der Waals surface area (Å²) in [6.07, 6.45) is 7.23. The summed E-state index contributed by atoms with van der Waals surface area (Å²) in [4.78, 5) is 12.1. The van der Waals surface area contributed by atoms with Crippen LogP contribution in [0.4, 0.5) is 0 Å². The number of rotatable bonds is 10. The number of hydrogen-bond acceptors (Lipinski definition) is 1. The van der Waals surface area contributed by atoms with Gasteiger partial charge in [0.25, 0.3) is 0 Å². The van der Waals surface area contributed by atoms with Crippen molar-refractivity contribution in [2.24, 2.45) is 0 Å². The lowest BCUT2D eigenvalue weighted by Crippen LogP contribution is -2.42. The molecule has 0 radical (unpaired) electrons. The second-order valence-electron chi connectivity index (χ2n) is 6.34. The quantitative estimate of drug-likeness (QED) is 0.353. The zero-order valence-corrected chi connectivity index (χ0v) is 13.4. The van der Waals surface area contributed by atoms with Crippen molar-refractivity contribution in [2.75, 3.05) is 27.2 Å². The van der Waals surface area contributed by atoms with Gasteiger partial charge in [-0.25, -0.2) is 0 Å². The Morgan fingerprint density at radius 3 is 2.25 bits per heavy atom. The summed E-state index contributed by atoms with van der Waals surface area (Å²) in [5.74, 6) is 0.266. The van der Waals surface area contributed by atoms with Gasteiger partial charge < -0.3 is 4.48 Å². The van der Waals surface area contributed by atoms with Crippen LogP contribution in [-0.4, -0.2) is 37.5 Å². The number of Topliss-reactive ketones (excluding diaryl/α,β-unsaturated/α-hetero) is 1. The highest BCUT2D eigenvalue weighted by Gasteiger charge is 2.17. The monoisotopic (exact) mass is 276 g/mol. The van der Waals surface area contributed by atoms with Crippen LogP contribution in [0.3, 0.4) is 0 Å². The van der Waals surface area contributed by atoms with Crippen LogP contribution in [0.15, 0.2) is 30.3 Å². The molecule has 0 spiro atoms. The summed E-state index contributed by atoms with van der Waals surface area (Å²) in [5, 5.41) is 0. The highest BCUT2D eigenvalue weighted by atomic mass is 16.1. The SMILES string of the molecule is CCCCCCC[N+](C)(C)CCC(=O)c1ccccc1. The van der Waals surface area contributed by atoms with Crippen LogP contribution in [0, 0.1) is 0 Å². The van der Waals surface area contributed by atoms with Crippen molar-refractivity contribution in [3.05, 3.63) is 35.9 Å². The van der Waals surface area contributed by atoms with Crippen LogP contribution in [0.1, 0.15) is 55.8 Å². The van der Waals surface area contributed by atoms with Crippen molar-refractivity contribution in [2.45, 2.75) is 45.4 Å². The topological polar surface area (TPSA) is 17.1 Å². The fourth-order valence-electron chi connectivity index (χ4n) is 2.43. The molecule has 0 atom stereocenters. The predicted octanol–water partition coefficient (Wildman–Crippen LogP) is 4.31. The second-order valence-corrected chi connectivity index (χ2v) is 6.34. The molecule has 20 heavy (non-hydrogen) atoms. The van der Waals surface area contributed by atoms with E-state index in [-0.39, 0.29) is 5.78 Å². The van der Waals surface area contributed by atoms with Gasteiger partial charge in [0.1, 0.15) is 0 Å². The van der Waals surface area contributed by atoms with E-state index >= 15 is 0 Å². The minimum atomic E-state index is 0.266. The lowest BCUT2D eigenvalue weighted by molar-refractivity contribution is -0.889. The molecular formula is C18H30NO+. The molecule has 0 amide bonds. The Morgan fingerprint density at radius 1 is 0.950 bits per heavy atom. The van der Waals surface area contributed by atoms with E-state index in [4.69, 9.17) is 0 Å². The van der Waals surface area contributed by atoms with Gasteiger partial charge in [-0.05, 0) is 12.8 Å². The smallest absolute Gasteiger partial charge is 0.168 e. The molecule has 2 nitrogen and oxygen atoms in total. The Morgan fingerprint density at radius 2 is 1.60 bits per heavy atom. The molecule has 0 aliphatic rings. The molecule has 1 aromatic carbocycles. The third kappa shape index (κ3) is 6.85. The maximum absolute atomic E-state index is 12.1. The number of ketones is 1. The van der Waals surface area contributed by atoms with Crippen molar-refractivity contribution in [3.63, 3.8) is 0 Å². The molecule has 2 heteroatoms. The van der Waals surface area contributed by atoms with Gasteiger partial charge in [-0.15, -0.1) is 0 Å². The first-order chi connectivity index (χ1) is 9.55. The Kier molecular flexibility index (Phi) is 7.53. The number of unbranched alkanes of at least 4 members (excludes halogenated alkanes) is 4. The summed E-state index contributed by atoms with van der Waals surface area (Å²) >= 11 is 0. The molecule has 0 saturated carbocycles. The maximum Gasteiger partial charge on any atom is 0.168 e. The zero-order chi connectivity index (χ0) is 14.8. The summed E-state index contributed by atoms with van der Waals surface area (Å²) in [6.45, 7) is 4.35. The number of nitrogens with zero attached hydrogens (tertiary/aromatic N) is 1. The Bertz CT molecular complexity index is 384. The summed E-state index contributed by atoms with van der Waals surface area (Å²) < 4.78 is 0.949. The largest absolute Gasteiger partial charge is 0.328 e. The fourth-order valence-corrected chi connectivity index (χ4v) is 2.43. The molecule has 0 fully saturated rings. The summed E-state index contributed by atoms with van der Waals surface area (Å²) in [7, 11) is 4.47. The van der Waals surface area contributed by atoms with Crippen molar-refractivity contribution >= 4 is 5.78 Å². The predicted molar refractivity (Wildman–Crippen MR) is 86.0 cm³/mol. The Hall–Kier alpha value is -1.15. The average Bonchev–Trinajstić information content (AvgIpc) is 2.45. The molecule has 0 saturated heterocycles. The van der Waals surface area contributed by atoms with Gasteiger partial charge in [0.05, 0.1) is 33.6 Å². The Balaban J connectivity index is 2.26. The van der Waals surface area contributed by atoms with Crippen LogP contribution in [0.2, 0.25) is 0 Å². The molecule has 0 heterocycles. The first-order valence-electron chi connectivity index (χ1n) is 7.95. The van der Waals surface area contributed by atoms with Gasteiger partial charge in [0.2, 0.25) is 0 Å². The van der Waals surface area contributed by atoms with E-state index in [0.29, 0.717) is 6.42 Å². The van der Waals surface area contributed by atoms with Crippen LogP contribution in [-0.2, 0) is 0 Å². The van der Waals surface area contributed by atoms with E-state index in [1.807, 2.05) is 30.3 Å². The average molecular weight is 276 g/mol. The van der Waals surface area contributed by atoms with E-state index in [1.54, 1.807) is 0 Å². The van der Waals surface area contributed by atoms with Crippen molar-refractivity contribution in [3.8, 4) is 0 Å². The van der Waals surface area contributed by atoms with Gasteiger partial charge in [0, 0.05) is 5.56 Å². The minimum absolute atomic E-state index is 0.266. The molecule has 1 rings (SSSR count). The van der Waals surface area contributed by atoms with Crippen LogP contribution in [0.5, 0.6) is 0 Å².